The number of nitrogen functional groups attached to an aromatic ring is 1. The molecule has 1 aromatic heterocycles. The molecule has 2 aromatic carbocycles. The van der Waals surface area contributed by atoms with Gasteiger partial charge in [0.25, 0.3) is 0 Å². The first-order valence-electron chi connectivity index (χ1n) is 12.8. The average Bonchev–Trinajstić information content (AvgIpc) is 3.34. The molecule has 0 bridgehead atoms. The van der Waals surface area contributed by atoms with Crippen LogP contribution in [0.25, 0.3) is 0 Å². The van der Waals surface area contributed by atoms with Gasteiger partial charge in [-0.25, -0.2) is 9.98 Å². The molecule has 3 aromatic rings. The van der Waals surface area contributed by atoms with Crippen LogP contribution in [0.3, 0.4) is 0 Å². The lowest BCUT2D eigenvalue weighted by Crippen LogP contribution is -2.21. The van der Waals surface area contributed by atoms with Crippen molar-refractivity contribution >= 4 is 45.9 Å². The van der Waals surface area contributed by atoms with Crippen molar-refractivity contribution in [2.75, 3.05) is 17.7 Å². The van der Waals surface area contributed by atoms with Gasteiger partial charge in [-0.1, -0.05) is 41.9 Å². The number of halogens is 1. The van der Waals surface area contributed by atoms with E-state index in [1.165, 1.54) is 13.8 Å². The number of aliphatic hydroxyl groups is 3. The Morgan fingerprint density at radius 1 is 1.13 bits per heavy atom. The van der Waals surface area contributed by atoms with E-state index >= 15 is 0 Å². The van der Waals surface area contributed by atoms with E-state index in [9.17, 15) is 5.11 Å². The van der Waals surface area contributed by atoms with Gasteiger partial charge in [0.15, 0.2) is 5.79 Å². The zero-order chi connectivity index (χ0) is 28.0. The minimum Gasteiger partial charge on any atom is -0.489 e. The molecule has 1 aliphatic carbocycles. The Kier molecular flexibility index (Phi) is 9.68. The fourth-order valence-electron chi connectivity index (χ4n) is 4.34. The van der Waals surface area contributed by atoms with Crippen molar-refractivity contribution in [3.63, 3.8) is 0 Å². The number of nitrogens with zero attached hydrogens (tertiary/aromatic N) is 3. The number of hydrogen-bond acceptors (Lipinski definition) is 10. The number of hydrogen-bond donors (Lipinski definition) is 5. The van der Waals surface area contributed by atoms with E-state index in [1.807, 2.05) is 48.5 Å². The van der Waals surface area contributed by atoms with Crippen molar-refractivity contribution < 1.29 is 20.1 Å². The Morgan fingerprint density at radius 3 is 2.56 bits per heavy atom. The molecule has 1 saturated carbocycles. The molecule has 9 nitrogen and oxygen atoms in total. The number of rotatable bonds is 7. The minimum absolute atomic E-state index is 0.120. The first-order valence-corrected chi connectivity index (χ1v) is 14.1. The molecule has 5 rings (SSSR count). The lowest BCUT2D eigenvalue weighted by atomic mass is 10.1. The Bertz CT molecular complexity index is 1300. The van der Waals surface area contributed by atoms with Crippen LogP contribution < -0.4 is 15.8 Å². The second-order valence-electron chi connectivity index (χ2n) is 10.1. The maximum absolute atomic E-state index is 9.47. The molecule has 2 unspecified atom stereocenters. The highest BCUT2D eigenvalue weighted by molar-refractivity contribution is 8.13. The summed E-state index contributed by atoms with van der Waals surface area (Å²) in [6.45, 7) is 3.32. The summed E-state index contributed by atoms with van der Waals surface area (Å²) in [5, 5.41) is 30.1. The number of aliphatic hydroxyl groups excluding tert-OH is 1. The topological polar surface area (TPSA) is 146 Å². The smallest absolute Gasteiger partial charge is 0.223 e. The molecule has 6 N–H and O–H groups in total. The second-order valence-corrected chi connectivity index (χ2v) is 11.4. The number of benzene rings is 2. The van der Waals surface area contributed by atoms with Gasteiger partial charge in [0, 0.05) is 18.4 Å². The van der Waals surface area contributed by atoms with Crippen LogP contribution >= 0.6 is 23.4 Å². The Hall–Kier alpha value is -2.89. The van der Waals surface area contributed by atoms with Gasteiger partial charge >= 0.3 is 0 Å². The lowest BCUT2D eigenvalue weighted by molar-refractivity contribution is -0.127. The standard InChI is InChI=1S/C25H26ClN5O2S.C3H8O2/c26-22-21(23(31-25(27)30-22)28-18-7-6-16(10-18)12-32)24-29-20-9-8-19(11-17(20)14-34-24)33-13-15-4-2-1-3-5-15;1-3(2,4)5/h1-5,8-9,11,16,18,32H,6-7,10,12-14H2,(H3,27,28,30,31);4-5H,1-2H3. The van der Waals surface area contributed by atoms with Gasteiger partial charge in [-0.2, -0.15) is 4.98 Å². The van der Waals surface area contributed by atoms with Crippen molar-refractivity contribution in [2.45, 2.75) is 57.3 Å². The van der Waals surface area contributed by atoms with E-state index in [0.29, 0.717) is 23.9 Å². The number of fused-ring (bicyclic) bond motifs is 1. The fourth-order valence-corrected chi connectivity index (χ4v) is 5.69. The van der Waals surface area contributed by atoms with Crippen LogP contribution in [0.1, 0.15) is 49.8 Å². The monoisotopic (exact) mass is 571 g/mol. The van der Waals surface area contributed by atoms with E-state index in [0.717, 1.165) is 52.6 Å². The number of aliphatic imine (C=N–C) groups is 1. The Labute approximate surface area is 237 Å². The molecular weight excluding hydrogens is 538 g/mol. The molecule has 39 heavy (non-hydrogen) atoms. The molecule has 0 spiro atoms. The Morgan fingerprint density at radius 2 is 1.87 bits per heavy atom. The molecule has 0 saturated heterocycles. The molecule has 11 heteroatoms. The lowest BCUT2D eigenvalue weighted by Gasteiger charge is -2.21. The third-order valence-corrected chi connectivity index (χ3v) is 7.42. The largest absolute Gasteiger partial charge is 0.489 e. The summed E-state index contributed by atoms with van der Waals surface area (Å²) in [6, 6.07) is 16.2. The van der Waals surface area contributed by atoms with Crippen molar-refractivity contribution in [3.05, 3.63) is 70.4 Å². The van der Waals surface area contributed by atoms with Crippen LogP contribution in [0.5, 0.6) is 5.75 Å². The van der Waals surface area contributed by atoms with Crippen molar-refractivity contribution in [3.8, 4) is 5.75 Å². The number of aromatic nitrogens is 2. The quantitative estimate of drug-likeness (QED) is 0.197. The molecule has 1 aliphatic heterocycles. The van der Waals surface area contributed by atoms with E-state index in [1.54, 1.807) is 11.8 Å². The van der Waals surface area contributed by atoms with E-state index < -0.39 is 5.79 Å². The van der Waals surface area contributed by atoms with Crippen LogP contribution in [-0.2, 0) is 12.4 Å². The first kappa shape index (κ1) is 29.1. The average molecular weight is 572 g/mol. The first-order chi connectivity index (χ1) is 18.6. The summed E-state index contributed by atoms with van der Waals surface area (Å²) in [4.78, 5) is 13.5. The summed E-state index contributed by atoms with van der Waals surface area (Å²) >= 11 is 8.12. The molecule has 1 fully saturated rings. The number of thioether (sulfide) groups is 1. The summed E-state index contributed by atoms with van der Waals surface area (Å²) in [5.41, 5.74) is 9.67. The SMILES string of the molecule is CC(C)(O)O.Nc1nc(Cl)c(C2=Nc3ccc(OCc4ccccc4)cc3CS2)c(NC2CCC(CO)C2)n1. The van der Waals surface area contributed by atoms with Gasteiger partial charge in [0.05, 0.1) is 11.3 Å². The normalized spacial score (nSPS) is 18.5. The predicted octanol–water partition coefficient (Wildman–Crippen LogP) is 4.90. The molecule has 2 heterocycles. The highest BCUT2D eigenvalue weighted by Crippen LogP contribution is 2.39. The number of nitrogens with one attached hydrogen (secondary N) is 1. The number of anilines is 2. The number of ether oxygens (including phenoxy) is 1. The molecule has 0 radical (unpaired) electrons. The zero-order valence-corrected chi connectivity index (χ0v) is 23.5. The summed E-state index contributed by atoms with van der Waals surface area (Å²) in [5.74, 6) is 1.07. The highest BCUT2D eigenvalue weighted by atomic mass is 35.5. The van der Waals surface area contributed by atoms with Crippen LogP contribution in [-0.4, -0.2) is 48.8 Å². The van der Waals surface area contributed by atoms with Crippen LogP contribution in [0.15, 0.2) is 53.5 Å². The van der Waals surface area contributed by atoms with Crippen LogP contribution in [0.2, 0.25) is 5.15 Å². The Balaban J connectivity index is 0.000000648. The van der Waals surface area contributed by atoms with Gasteiger partial charge in [-0.3, -0.25) is 0 Å². The van der Waals surface area contributed by atoms with Gasteiger partial charge in [0.1, 0.15) is 28.4 Å². The number of nitrogens with two attached hydrogens (primary N) is 1. The molecule has 208 valence electrons. The van der Waals surface area contributed by atoms with E-state index in [2.05, 4.69) is 15.3 Å². The molecule has 2 atom stereocenters. The van der Waals surface area contributed by atoms with Crippen LogP contribution in [0.4, 0.5) is 17.5 Å². The van der Waals surface area contributed by atoms with Crippen molar-refractivity contribution in [1.29, 1.82) is 0 Å². The summed E-state index contributed by atoms with van der Waals surface area (Å²) in [7, 11) is 0. The fraction of sp³-hybridized carbons (Fsp3) is 0.393. The molecular formula is C28H34ClN5O4S. The highest BCUT2D eigenvalue weighted by Gasteiger charge is 2.28. The maximum Gasteiger partial charge on any atom is 0.223 e. The van der Waals surface area contributed by atoms with E-state index in [4.69, 9.17) is 37.3 Å². The summed E-state index contributed by atoms with van der Waals surface area (Å²) < 4.78 is 5.97. The summed E-state index contributed by atoms with van der Waals surface area (Å²) in [6.07, 6.45) is 2.82. The van der Waals surface area contributed by atoms with Crippen LogP contribution in [0, 0.1) is 5.92 Å². The maximum atomic E-state index is 9.47. The molecule has 2 aliphatic rings. The third kappa shape index (κ3) is 8.55. The van der Waals surface area contributed by atoms with Crippen molar-refractivity contribution in [1.82, 2.24) is 9.97 Å². The van der Waals surface area contributed by atoms with Crippen molar-refractivity contribution in [2.24, 2.45) is 10.9 Å². The van der Waals surface area contributed by atoms with Gasteiger partial charge in [0.2, 0.25) is 5.95 Å². The predicted molar refractivity (Wildman–Crippen MR) is 157 cm³/mol. The zero-order valence-electron chi connectivity index (χ0n) is 22.0. The minimum atomic E-state index is -1.50. The molecule has 0 amide bonds. The van der Waals surface area contributed by atoms with Gasteiger partial charge in [-0.15, -0.1) is 11.8 Å². The second kappa shape index (κ2) is 13.0. The van der Waals surface area contributed by atoms with E-state index in [-0.39, 0.29) is 23.8 Å². The third-order valence-electron chi connectivity index (χ3n) is 6.12. The van der Waals surface area contributed by atoms with Gasteiger partial charge < -0.3 is 31.1 Å². The van der Waals surface area contributed by atoms with Gasteiger partial charge in [-0.05, 0) is 68.4 Å².